The topological polar surface area (TPSA) is 253 Å². The average molecular weight is 857 g/mol. The number of benzene rings is 3. The van der Waals surface area contributed by atoms with E-state index in [0.717, 1.165) is 30.3 Å². The highest BCUT2D eigenvalue weighted by atomic mass is 31.2. The van der Waals surface area contributed by atoms with Crippen molar-refractivity contribution in [3.05, 3.63) is 77.4 Å². The predicted molar refractivity (Wildman–Crippen MR) is 226 cm³/mol. The first-order chi connectivity index (χ1) is 29.2. The fourth-order valence-corrected chi connectivity index (χ4v) is 8.71. The van der Waals surface area contributed by atoms with E-state index < -0.39 is 38.3 Å². The van der Waals surface area contributed by atoms with Crippen LogP contribution < -0.4 is 31.2 Å². The molecule has 0 saturated carbocycles. The lowest BCUT2D eigenvalue weighted by atomic mass is 9.89. The number of amides is 1. The number of aliphatic hydroxyl groups is 1. The normalized spacial score (nSPS) is 21.1. The number of phosphoric acid groups is 1. The van der Waals surface area contributed by atoms with Crippen LogP contribution in [0.25, 0.3) is 44.6 Å². The summed E-state index contributed by atoms with van der Waals surface area (Å²) in [6.45, 7) is 0.636. The molecule has 20 heteroatoms. The predicted octanol–water partition coefficient (Wildman–Crippen LogP) is 3.90. The van der Waals surface area contributed by atoms with Gasteiger partial charge in [-0.3, -0.25) is 18.4 Å². The van der Waals surface area contributed by atoms with E-state index in [0.29, 0.717) is 75.6 Å². The Kier molecular flexibility index (Phi) is 11.5. The van der Waals surface area contributed by atoms with Gasteiger partial charge in [0.2, 0.25) is 11.3 Å². The van der Waals surface area contributed by atoms with E-state index in [1.807, 2.05) is 74.1 Å². The molecule has 1 aliphatic carbocycles. The van der Waals surface area contributed by atoms with Crippen LogP contribution >= 0.6 is 7.82 Å². The number of unbranched alkanes of at least 4 members (excludes halogenated alkanes) is 3. The standard InChI is InChI=1S/C41H46N9O10P/c1-48(2)23-10-13-26-29(18-23)58-30-19-24(49(3)4)11-14-27(30)32(26)28-17-22(9-12-25(28)40(53)54)38(52)43-15-7-5-6-8-16-44-41-47-33-36(42)45-21-46-37(33)50(41)39-34(51)35-31(59-39)20-57-61(55,56)60-35/h9-14,17-19,21,31,34-35,39,51H,5-8,15-16,20H2,1-4H3,(H5-,42,43,44,45,46,47,52,53,54,55,56)/p+1/t31-,34-,35-,39-/m1/s1. The van der Waals surface area contributed by atoms with Crippen LogP contribution in [0.1, 0.15) is 52.6 Å². The van der Waals surface area contributed by atoms with Crippen LogP contribution in [-0.2, 0) is 18.3 Å². The number of aromatic nitrogens is 4. The Morgan fingerprint density at radius 2 is 1.80 bits per heavy atom. The SMILES string of the molecule is CN(C)c1ccc2c(-c3cc(C(=O)NCCCCCCNc4nc5c(N)ncnc5n4[C@@H]4O[C@@H]5COP(=O)(O)O[C@H]5[C@H]4O)ccc3C(=O)O)c3ccc(=[N+](C)C)cc-3oc2c1. The summed E-state index contributed by atoms with van der Waals surface area (Å²) in [6, 6.07) is 16.2. The molecule has 7 N–H and O–H groups in total. The number of phosphoric ester groups is 1. The lowest BCUT2D eigenvalue weighted by Gasteiger charge is -2.27. The van der Waals surface area contributed by atoms with E-state index in [4.69, 9.17) is 23.9 Å². The van der Waals surface area contributed by atoms with Gasteiger partial charge in [0.15, 0.2) is 23.2 Å². The number of hydrogen-bond donors (Lipinski definition) is 6. The molecular weight excluding hydrogens is 809 g/mol. The molecule has 3 aliphatic heterocycles. The van der Waals surface area contributed by atoms with Crippen molar-refractivity contribution in [3.63, 3.8) is 0 Å². The molecule has 5 heterocycles. The third kappa shape index (κ3) is 8.27. The molecule has 320 valence electrons. The third-order valence-corrected chi connectivity index (χ3v) is 11.9. The maximum atomic E-state index is 13.5. The van der Waals surface area contributed by atoms with Crippen LogP contribution in [0.5, 0.6) is 0 Å². The summed E-state index contributed by atoms with van der Waals surface area (Å²) < 4.78 is 38.0. The summed E-state index contributed by atoms with van der Waals surface area (Å²) >= 11 is 0. The number of carboxylic acids is 1. The lowest BCUT2D eigenvalue weighted by molar-refractivity contribution is -0.0659. The highest BCUT2D eigenvalue weighted by Gasteiger charge is 2.53. The molecule has 2 aromatic carbocycles. The van der Waals surface area contributed by atoms with Crippen molar-refractivity contribution in [2.24, 2.45) is 0 Å². The highest BCUT2D eigenvalue weighted by Crippen LogP contribution is 2.53. The van der Waals surface area contributed by atoms with E-state index in [1.165, 1.54) is 23.0 Å². The number of carbonyl (C=O) groups is 2. The first kappa shape index (κ1) is 41.8. The van der Waals surface area contributed by atoms with Gasteiger partial charge in [0, 0.05) is 67.1 Å². The monoisotopic (exact) mass is 856 g/mol. The second-order valence-corrected chi connectivity index (χ2v) is 16.8. The van der Waals surface area contributed by atoms with Gasteiger partial charge < -0.3 is 45.5 Å². The van der Waals surface area contributed by atoms with Crippen LogP contribution in [-0.4, -0.2) is 113 Å². The van der Waals surface area contributed by atoms with E-state index in [1.54, 1.807) is 6.07 Å². The van der Waals surface area contributed by atoms with Crippen LogP contribution in [0.2, 0.25) is 0 Å². The molecule has 61 heavy (non-hydrogen) atoms. The van der Waals surface area contributed by atoms with Crippen LogP contribution in [0.3, 0.4) is 0 Å². The van der Waals surface area contributed by atoms with Gasteiger partial charge in [-0.1, -0.05) is 12.8 Å². The van der Waals surface area contributed by atoms with Crippen molar-refractivity contribution in [2.45, 2.75) is 50.2 Å². The number of hydrogen-bond acceptors (Lipinski definition) is 14. The van der Waals surface area contributed by atoms with Crippen molar-refractivity contribution >= 4 is 59.3 Å². The second-order valence-electron chi connectivity index (χ2n) is 15.4. The zero-order valence-corrected chi connectivity index (χ0v) is 34.8. The van der Waals surface area contributed by atoms with Crippen LogP contribution in [0.15, 0.2) is 65.3 Å². The fourth-order valence-electron chi connectivity index (χ4n) is 7.74. The molecule has 19 nitrogen and oxygen atoms in total. The van der Waals surface area contributed by atoms with E-state index in [9.17, 15) is 29.3 Å². The van der Waals surface area contributed by atoms with E-state index >= 15 is 0 Å². The zero-order chi connectivity index (χ0) is 43.2. The minimum Gasteiger partial charge on any atom is -0.478 e. The van der Waals surface area contributed by atoms with Crippen molar-refractivity contribution < 1.29 is 47.5 Å². The van der Waals surface area contributed by atoms with Gasteiger partial charge in [-0.2, -0.15) is 0 Å². The second kappa shape index (κ2) is 16.8. The Hall–Kier alpha value is -5.95. The van der Waals surface area contributed by atoms with Crippen molar-refractivity contribution in [3.8, 4) is 22.5 Å². The highest BCUT2D eigenvalue weighted by molar-refractivity contribution is 7.47. The van der Waals surface area contributed by atoms with Crippen LogP contribution in [0, 0.1) is 0 Å². The number of nitrogens with two attached hydrogens (primary N) is 1. The Bertz CT molecular complexity index is 2750. The summed E-state index contributed by atoms with van der Waals surface area (Å²) in [5.74, 6) is -0.426. The number of anilines is 3. The van der Waals surface area contributed by atoms with Crippen molar-refractivity contribution in [2.75, 3.05) is 63.8 Å². The lowest BCUT2D eigenvalue weighted by Crippen LogP contribution is -2.39. The Morgan fingerprint density at radius 1 is 1.02 bits per heavy atom. The van der Waals surface area contributed by atoms with Gasteiger partial charge in [0.1, 0.15) is 50.1 Å². The van der Waals surface area contributed by atoms with Gasteiger partial charge in [0.25, 0.3) is 5.91 Å². The number of aliphatic hydroxyl groups excluding tert-OH is 1. The van der Waals surface area contributed by atoms with Gasteiger partial charge in [-0.25, -0.2) is 28.9 Å². The Balaban J connectivity index is 0.925. The molecular formula is C41H47N9O10P+. The number of carbonyl (C=O) groups excluding carboxylic acids is 1. The van der Waals surface area contributed by atoms with Gasteiger partial charge in [0.05, 0.1) is 18.2 Å². The Morgan fingerprint density at radius 3 is 2.56 bits per heavy atom. The molecule has 2 fully saturated rings. The summed E-state index contributed by atoms with van der Waals surface area (Å²) in [6.07, 6.45) is -0.0623. The van der Waals surface area contributed by atoms with Gasteiger partial charge in [-0.05, 0) is 54.8 Å². The van der Waals surface area contributed by atoms with E-state index in [-0.39, 0.29) is 23.9 Å². The molecule has 8 rings (SSSR count). The maximum Gasteiger partial charge on any atom is 0.472 e. The minimum atomic E-state index is -4.34. The third-order valence-electron chi connectivity index (χ3n) is 10.9. The first-order valence-corrected chi connectivity index (χ1v) is 21.3. The fraction of sp³-hybridized carbons (Fsp3) is 0.366. The molecule has 0 spiro atoms. The molecule has 1 amide bonds. The molecule has 0 radical (unpaired) electrons. The molecule has 5 atom stereocenters. The number of imidazole rings is 1. The molecule has 0 bridgehead atoms. The minimum absolute atomic E-state index is 0.0612. The van der Waals surface area contributed by atoms with Gasteiger partial charge in [-0.15, -0.1) is 0 Å². The number of aromatic carboxylic acids is 1. The largest absolute Gasteiger partial charge is 0.478 e. The van der Waals surface area contributed by atoms with E-state index in [2.05, 4.69) is 25.6 Å². The average Bonchev–Trinajstić information content (AvgIpc) is 3.75. The number of rotatable bonds is 13. The molecule has 2 aromatic heterocycles. The number of nitrogens with zero attached hydrogens (tertiary/aromatic N) is 6. The molecule has 4 aliphatic rings. The molecule has 2 saturated heterocycles. The quantitative estimate of drug-likeness (QED) is 0.0417. The van der Waals surface area contributed by atoms with Crippen LogP contribution in [0.4, 0.5) is 17.5 Å². The number of carboxylic acid groups (broad SMARTS) is 1. The number of nitrogens with one attached hydrogen (secondary N) is 2. The maximum absolute atomic E-state index is 13.5. The summed E-state index contributed by atoms with van der Waals surface area (Å²) in [4.78, 5) is 50.9. The zero-order valence-electron chi connectivity index (χ0n) is 33.9. The van der Waals surface area contributed by atoms with Crippen molar-refractivity contribution in [1.82, 2.24) is 29.4 Å². The summed E-state index contributed by atoms with van der Waals surface area (Å²) in [5, 5.41) is 29.3. The molecule has 1 unspecified atom stereocenters. The summed E-state index contributed by atoms with van der Waals surface area (Å²) in [7, 11) is 3.40. The smallest absolute Gasteiger partial charge is 0.472 e. The number of ether oxygens (including phenoxy) is 1. The Labute approximate surface area is 349 Å². The molecule has 4 aromatic rings. The van der Waals surface area contributed by atoms with Crippen molar-refractivity contribution in [1.29, 1.82) is 0 Å². The first-order valence-electron chi connectivity index (χ1n) is 19.8. The number of fused-ring (bicyclic) bond motifs is 4. The number of nitrogen functional groups attached to an aromatic ring is 1. The summed E-state index contributed by atoms with van der Waals surface area (Å²) in [5.41, 5.74) is 10.3. The van der Waals surface area contributed by atoms with Gasteiger partial charge >= 0.3 is 13.8 Å².